The first kappa shape index (κ1) is 22.0. The molecule has 160 valence electrons. The molecule has 2 N–H and O–H groups in total. The molecule has 0 aliphatic carbocycles. The number of benzene rings is 1. The average molecular weight is 425 g/mol. The minimum Gasteiger partial charge on any atom is -0.389 e. The largest absolute Gasteiger partial charge is 0.389 e. The minimum atomic E-state index is -0.695. The fourth-order valence-corrected chi connectivity index (χ4v) is 4.15. The monoisotopic (exact) mass is 424 g/mol. The maximum absolute atomic E-state index is 12.4. The van der Waals surface area contributed by atoms with E-state index in [9.17, 15) is 14.7 Å². The highest BCUT2D eigenvalue weighted by atomic mass is 35.5. The van der Waals surface area contributed by atoms with Gasteiger partial charge in [-0.1, -0.05) is 36.7 Å². The predicted octanol–water partition coefficient (Wildman–Crippen LogP) is 1.89. The Morgan fingerprint density at radius 1 is 1.28 bits per heavy atom. The van der Waals surface area contributed by atoms with Gasteiger partial charge in [-0.3, -0.25) is 9.59 Å². The number of nitrogens with one attached hydrogen (secondary N) is 1. The number of ether oxygens (including phenoxy) is 2. The average Bonchev–Trinajstić information content (AvgIpc) is 2.70. The van der Waals surface area contributed by atoms with Gasteiger partial charge < -0.3 is 24.8 Å². The van der Waals surface area contributed by atoms with E-state index in [1.54, 1.807) is 11.0 Å². The zero-order chi connectivity index (χ0) is 20.8. The van der Waals surface area contributed by atoms with Crippen LogP contribution < -0.4 is 5.32 Å². The Balaban J connectivity index is 1.55. The number of hydrogen-bond acceptors (Lipinski definition) is 5. The molecule has 4 atom stereocenters. The summed E-state index contributed by atoms with van der Waals surface area (Å²) >= 11 is 6.13. The number of carbonyl (C=O) groups excluding carboxylic acids is 2. The van der Waals surface area contributed by atoms with E-state index in [2.05, 4.69) is 5.32 Å². The van der Waals surface area contributed by atoms with E-state index in [1.807, 2.05) is 25.1 Å². The minimum absolute atomic E-state index is 0.000447. The molecule has 8 heteroatoms. The Bertz CT molecular complexity index is 716. The van der Waals surface area contributed by atoms with E-state index in [4.69, 9.17) is 21.1 Å². The molecule has 3 rings (SSSR count). The van der Waals surface area contributed by atoms with Gasteiger partial charge in [-0.25, -0.2) is 0 Å². The van der Waals surface area contributed by atoms with Crippen molar-refractivity contribution < 1.29 is 24.2 Å². The van der Waals surface area contributed by atoms with Crippen LogP contribution in [0.25, 0.3) is 0 Å². The van der Waals surface area contributed by atoms with Gasteiger partial charge in [-0.2, -0.15) is 0 Å². The molecule has 2 aliphatic heterocycles. The fourth-order valence-electron chi connectivity index (χ4n) is 3.95. The maximum atomic E-state index is 12.4. The topological polar surface area (TPSA) is 88.1 Å². The van der Waals surface area contributed by atoms with E-state index in [0.717, 1.165) is 12.0 Å². The van der Waals surface area contributed by atoms with Gasteiger partial charge in [-0.15, -0.1) is 0 Å². The van der Waals surface area contributed by atoms with Crippen molar-refractivity contribution in [1.82, 2.24) is 10.2 Å². The molecular formula is C21H29ClN2O5. The van der Waals surface area contributed by atoms with E-state index in [0.29, 0.717) is 31.0 Å². The van der Waals surface area contributed by atoms with Gasteiger partial charge in [0.1, 0.15) is 6.10 Å². The fraction of sp³-hybridized carbons (Fsp3) is 0.619. The lowest BCUT2D eigenvalue weighted by molar-refractivity contribution is -0.169. The van der Waals surface area contributed by atoms with Crippen LogP contribution in [0.4, 0.5) is 0 Å². The van der Waals surface area contributed by atoms with Crippen LogP contribution in [0.15, 0.2) is 24.3 Å². The highest BCUT2D eigenvalue weighted by Gasteiger charge is 2.39. The summed E-state index contributed by atoms with van der Waals surface area (Å²) in [5, 5.41) is 13.6. The molecule has 29 heavy (non-hydrogen) atoms. The highest BCUT2D eigenvalue weighted by Crippen LogP contribution is 2.28. The van der Waals surface area contributed by atoms with Gasteiger partial charge in [0.25, 0.3) is 0 Å². The summed E-state index contributed by atoms with van der Waals surface area (Å²) in [5.74, 6) is -0.0995. The van der Waals surface area contributed by atoms with Crippen LogP contribution in [0.1, 0.15) is 38.2 Å². The van der Waals surface area contributed by atoms with Crippen molar-refractivity contribution in [1.29, 1.82) is 0 Å². The number of nitrogens with zero attached hydrogens (tertiary/aromatic N) is 1. The number of β-amino-alcohol motifs (C(OH)–C–C–N with tert-alkyl or cyclic N) is 1. The summed E-state index contributed by atoms with van der Waals surface area (Å²) in [6, 6.07) is 7.27. The Morgan fingerprint density at radius 2 is 2.07 bits per heavy atom. The number of fused-ring (bicyclic) bond motifs is 1. The van der Waals surface area contributed by atoms with Crippen molar-refractivity contribution in [2.24, 2.45) is 0 Å². The molecule has 1 aromatic rings. The van der Waals surface area contributed by atoms with Crippen molar-refractivity contribution in [2.45, 2.75) is 63.5 Å². The number of aliphatic hydroxyl groups excluding tert-OH is 1. The quantitative estimate of drug-likeness (QED) is 0.753. The highest BCUT2D eigenvalue weighted by molar-refractivity contribution is 6.31. The Kier molecular flexibility index (Phi) is 7.89. The second-order valence-electron chi connectivity index (χ2n) is 7.60. The summed E-state index contributed by atoms with van der Waals surface area (Å²) in [5.41, 5.74) is 0.868. The lowest BCUT2D eigenvalue weighted by atomic mass is 9.94. The first-order valence-corrected chi connectivity index (χ1v) is 10.6. The molecule has 7 nitrogen and oxygen atoms in total. The zero-order valence-corrected chi connectivity index (χ0v) is 17.4. The summed E-state index contributed by atoms with van der Waals surface area (Å²) in [6.07, 6.45) is 0.795. The van der Waals surface area contributed by atoms with E-state index in [-0.39, 0.29) is 49.6 Å². The number of rotatable bonds is 5. The molecule has 2 aliphatic rings. The molecule has 2 heterocycles. The maximum Gasteiger partial charge on any atom is 0.222 e. The summed E-state index contributed by atoms with van der Waals surface area (Å²) in [4.78, 5) is 26.5. The van der Waals surface area contributed by atoms with Crippen molar-refractivity contribution in [3.63, 3.8) is 0 Å². The smallest absolute Gasteiger partial charge is 0.222 e. The number of hydrogen-bond donors (Lipinski definition) is 2. The first-order valence-electron chi connectivity index (χ1n) is 10.2. The molecule has 0 aromatic heterocycles. The Hall–Kier alpha value is -1.67. The van der Waals surface area contributed by atoms with Crippen LogP contribution >= 0.6 is 11.6 Å². The standard InChI is InChI=1S/C21H29ClN2O5/c1-2-21(27)24-11-15(25)12-28-13-19-18(24)8-7-16(29-19)9-20(26)23-10-14-5-3-4-6-17(14)22/h3-6,15-16,18-19,25H,2,7-13H2,1H3,(H,23,26)/t15-,16+,18+,19-/m0/s1. The predicted molar refractivity (Wildman–Crippen MR) is 108 cm³/mol. The van der Waals surface area contributed by atoms with Gasteiger partial charge in [0.2, 0.25) is 11.8 Å². The normalized spacial score (nSPS) is 27.5. The van der Waals surface area contributed by atoms with Crippen molar-refractivity contribution in [2.75, 3.05) is 19.8 Å². The van der Waals surface area contributed by atoms with Gasteiger partial charge in [-0.05, 0) is 24.5 Å². The van der Waals surface area contributed by atoms with Crippen molar-refractivity contribution >= 4 is 23.4 Å². The number of carbonyl (C=O) groups is 2. The Labute approximate surface area is 176 Å². The van der Waals surface area contributed by atoms with Crippen LogP contribution in [0.3, 0.4) is 0 Å². The molecule has 2 amide bonds. The molecule has 0 bridgehead atoms. The SMILES string of the molecule is CCC(=O)N1C[C@H](O)COC[C@@H]2O[C@@H](CC(=O)NCc3ccccc3Cl)CC[C@H]21. The van der Waals surface area contributed by atoms with E-state index in [1.165, 1.54) is 0 Å². The molecule has 0 radical (unpaired) electrons. The lowest BCUT2D eigenvalue weighted by Gasteiger charge is -2.44. The molecule has 0 unspecified atom stereocenters. The van der Waals surface area contributed by atoms with Crippen molar-refractivity contribution in [3.8, 4) is 0 Å². The van der Waals surface area contributed by atoms with E-state index < -0.39 is 6.10 Å². The van der Waals surface area contributed by atoms with Crippen LogP contribution in [0.5, 0.6) is 0 Å². The third kappa shape index (κ3) is 5.92. The second kappa shape index (κ2) is 10.4. The van der Waals surface area contributed by atoms with Gasteiger partial charge in [0.15, 0.2) is 0 Å². The van der Waals surface area contributed by atoms with Crippen LogP contribution in [0.2, 0.25) is 5.02 Å². The number of aliphatic hydroxyl groups is 1. The third-order valence-corrected chi connectivity index (χ3v) is 5.82. The number of amides is 2. The van der Waals surface area contributed by atoms with Gasteiger partial charge in [0, 0.05) is 24.5 Å². The second-order valence-corrected chi connectivity index (χ2v) is 8.01. The lowest BCUT2D eigenvalue weighted by Crippen LogP contribution is -2.57. The molecule has 2 saturated heterocycles. The van der Waals surface area contributed by atoms with Crippen molar-refractivity contribution in [3.05, 3.63) is 34.9 Å². The molecular weight excluding hydrogens is 396 g/mol. The Morgan fingerprint density at radius 3 is 2.83 bits per heavy atom. The molecule has 1 aromatic carbocycles. The van der Waals surface area contributed by atoms with Gasteiger partial charge in [0.05, 0.1) is 37.9 Å². The number of halogens is 1. The third-order valence-electron chi connectivity index (χ3n) is 5.45. The van der Waals surface area contributed by atoms with Crippen LogP contribution in [-0.2, 0) is 25.6 Å². The molecule has 0 spiro atoms. The summed E-state index contributed by atoms with van der Waals surface area (Å²) < 4.78 is 11.7. The van der Waals surface area contributed by atoms with Crippen LogP contribution in [0, 0.1) is 0 Å². The summed E-state index contributed by atoms with van der Waals surface area (Å²) in [7, 11) is 0. The zero-order valence-electron chi connectivity index (χ0n) is 16.7. The summed E-state index contributed by atoms with van der Waals surface area (Å²) in [6.45, 7) is 2.90. The van der Waals surface area contributed by atoms with E-state index >= 15 is 0 Å². The van der Waals surface area contributed by atoms with Gasteiger partial charge >= 0.3 is 0 Å². The molecule has 2 fully saturated rings. The first-order chi connectivity index (χ1) is 14.0. The molecule has 0 saturated carbocycles. The van der Waals surface area contributed by atoms with Crippen LogP contribution in [-0.4, -0.2) is 65.9 Å².